The second-order valence-corrected chi connectivity index (χ2v) is 5.27. The van der Waals surface area contributed by atoms with E-state index in [0.29, 0.717) is 6.04 Å². The molecule has 0 radical (unpaired) electrons. The van der Waals surface area contributed by atoms with Gasteiger partial charge in [0.15, 0.2) is 0 Å². The smallest absolute Gasteiger partial charge is 0.119 e. The highest BCUT2D eigenvalue weighted by Crippen LogP contribution is 2.25. The van der Waals surface area contributed by atoms with Crippen molar-refractivity contribution in [3.63, 3.8) is 0 Å². The van der Waals surface area contributed by atoms with Crippen molar-refractivity contribution in [3.8, 4) is 5.75 Å². The molecule has 0 aliphatic heterocycles. The lowest BCUT2D eigenvalue weighted by molar-refractivity contribution is 0.415. The molecule has 0 aliphatic carbocycles. The Morgan fingerprint density at radius 1 is 1.15 bits per heavy atom. The SMILES string of the molecule is CCCNC(CC)Cc1cccc2ccc(OC)cc12. The van der Waals surface area contributed by atoms with E-state index in [9.17, 15) is 0 Å². The molecule has 1 N–H and O–H groups in total. The molecule has 0 saturated heterocycles. The van der Waals surface area contributed by atoms with Crippen LogP contribution in [0, 0.1) is 0 Å². The molecule has 2 heteroatoms. The van der Waals surface area contributed by atoms with Crippen molar-refractivity contribution in [2.45, 2.75) is 39.2 Å². The van der Waals surface area contributed by atoms with E-state index in [0.717, 1.165) is 25.1 Å². The number of methoxy groups -OCH3 is 1. The van der Waals surface area contributed by atoms with Crippen LogP contribution in [0.3, 0.4) is 0 Å². The van der Waals surface area contributed by atoms with Gasteiger partial charge >= 0.3 is 0 Å². The predicted octanol–water partition coefficient (Wildman–Crippen LogP) is 4.17. The average molecular weight is 271 g/mol. The number of ether oxygens (including phenoxy) is 1. The number of rotatable bonds is 7. The lowest BCUT2D eigenvalue weighted by Crippen LogP contribution is -2.31. The first-order valence-electron chi connectivity index (χ1n) is 7.57. The van der Waals surface area contributed by atoms with Crippen LogP contribution in [-0.4, -0.2) is 19.7 Å². The van der Waals surface area contributed by atoms with Gasteiger partial charge in [0.2, 0.25) is 0 Å². The number of hydrogen-bond acceptors (Lipinski definition) is 2. The normalized spacial score (nSPS) is 12.6. The predicted molar refractivity (Wildman–Crippen MR) is 86.6 cm³/mol. The maximum absolute atomic E-state index is 5.36. The lowest BCUT2D eigenvalue weighted by atomic mass is 9.97. The summed E-state index contributed by atoms with van der Waals surface area (Å²) >= 11 is 0. The van der Waals surface area contributed by atoms with Crippen LogP contribution in [-0.2, 0) is 6.42 Å². The fraction of sp³-hybridized carbons (Fsp3) is 0.444. The highest BCUT2D eigenvalue weighted by molar-refractivity contribution is 5.87. The molecule has 0 heterocycles. The highest BCUT2D eigenvalue weighted by atomic mass is 16.5. The van der Waals surface area contributed by atoms with Gasteiger partial charge in [-0.2, -0.15) is 0 Å². The monoisotopic (exact) mass is 271 g/mol. The van der Waals surface area contributed by atoms with Gasteiger partial charge in [0.25, 0.3) is 0 Å². The topological polar surface area (TPSA) is 21.3 Å². The Kier molecular flexibility index (Phi) is 5.42. The Balaban J connectivity index is 2.28. The third kappa shape index (κ3) is 3.51. The Bertz CT molecular complexity index is 550. The molecular formula is C18H25NO. The Morgan fingerprint density at radius 2 is 2.00 bits per heavy atom. The number of fused-ring (bicyclic) bond motifs is 1. The van der Waals surface area contributed by atoms with E-state index in [1.807, 2.05) is 6.07 Å². The van der Waals surface area contributed by atoms with Crippen LogP contribution < -0.4 is 10.1 Å². The van der Waals surface area contributed by atoms with Gasteiger partial charge in [0, 0.05) is 6.04 Å². The van der Waals surface area contributed by atoms with Crippen molar-refractivity contribution in [2.24, 2.45) is 0 Å². The van der Waals surface area contributed by atoms with Crippen molar-refractivity contribution >= 4 is 10.8 Å². The molecule has 0 amide bonds. The van der Waals surface area contributed by atoms with Gasteiger partial charge in [-0.05, 0) is 54.3 Å². The van der Waals surface area contributed by atoms with Gasteiger partial charge in [0.05, 0.1) is 7.11 Å². The maximum atomic E-state index is 5.36. The minimum Gasteiger partial charge on any atom is -0.497 e. The largest absolute Gasteiger partial charge is 0.497 e. The van der Waals surface area contributed by atoms with Crippen LogP contribution >= 0.6 is 0 Å². The van der Waals surface area contributed by atoms with Crippen LogP contribution in [0.2, 0.25) is 0 Å². The molecule has 0 bridgehead atoms. The molecule has 0 spiro atoms. The zero-order valence-corrected chi connectivity index (χ0v) is 12.8. The summed E-state index contributed by atoms with van der Waals surface area (Å²) in [4.78, 5) is 0. The van der Waals surface area contributed by atoms with Crippen LogP contribution in [0.1, 0.15) is 32.3 Å². The van der Waals surface area contributed by atoms with E-state index in [1.54, 1.807) is 7.11 Å². The standard InChI is InChI=1S/C18H25NO/c1-4-11-19-16(5-2)12-15-8-6-7-14-9-10-17(20-3)13-18(14)15/h6-10,13,16,19H,4-5,11-12H2,1-3H3. The fourth-order valence-electron chi connectivity index (χ4n) is 2.60. The molecule has 2 nitrogen and oxygen atoms in total. The second-order valence-electron chi connectivity index (χ2n) is 5.27. The van der Waals surface area contributed by atoms with E-state index in [2.05, 4.69) is 49.5 Å². The first-order chi connectivity index (χ1) is 9.78. The summed E-state index contributed by atoms with van der Waals surface area (Å²) in [5.41, 5.74) is 1.40. The van der Waals surface area contributed by atoms with Gasteiger partial charge in [-0.1, -0.05) is 38.1 Å². The Labute approximate surface area is 122 Å². The summed E-state index contributed by atoms with van der Waals surface area (Å²) in [7, 11) is 1.72. The minimum atomic E-state index is 0.548. The van der Waals surface area contributed by atoms with Crippen LogP contribution in [0.4, 0.5) is 0 Å². The van der Waals surface area contributed by atoms with E-state index < -0.39 is 0 Å². The maximum Gasteiger partial charge on any atom is 0.119 e. The summed E-state index contributed by atoms with van der Waals surface area (Å²) in [6.07, 6.45) is 3.40. The molecule has 1 atom stereocenters. The first kappa shape index (κ1) is 14.9. The summed E-state index contributed by atoms with van der Waals surface area (Å²) in [5.74, 6) is 0.930. The molecular weight excluding hydrogens is 246 g/mol. The number of benzene rings is 2. The third-order valence-electron chi connectivity index (χ3n) is 3.82. The van der Waals surface area contributed by atoms with Crippen molar-refractivity contribution in [1.82, 2.24) is 5.32 Å². The quantitative estimate of drug-likeness (QED) is 0.816. The summed E-state index contributed by atoms with van der Waals surface area (Å²) in [6.45, 7) is 5.55. The molecule has 108 valence electrons. The summed E-state index contributed by atoms with van der Waals surface area (Å²) in [5, 5.41) is 6.22. The fourth-order valence-corrected chi connectivity index (χ4v) is 2.60. The third-order valence-corrected chi connectivity index (χ3v) is 3.82. The lowest BCUT2D eigenvalue weighted by Gasteiger charge is -2.18. The molecule has 0 aromatic heterocycles. The van der Waals surface area contributed by atoms with E-state index in [1.165, 1.54) is 22.8 Å². The van der Waals surface area contributed by atoms with Gasteiger partial charge in [0.1, 0.15) is 5.75 Å². The minimum absolute atomic E-state index is 0.548. The van der Waals surface area contributed by atoms with Crippen molar-refractivity contribution in [3.05, 3.63) is 42.0 Å². The molecule has 2 rings (SSSR count). The van der Waals surface area contributed by atoms with Crippen LogP contribution in [0.25, 0.3) is 10.8 Å². The van der Waals surface area contributed by atoms with Crippen molar-refractivity contribution in [2.75, 3.05) is 13.7 Å². The van der Waals surface area contributed by atoms with Gasteiger partial charge < -0.3 is 10.1 Å². The zero-order chi connectivity index (χ0) is 14.4. The zero-order valence-electron chi connectivity index (χ0n) is 12.8. The van der Waals surface area contributed by atoms with Crippen molar-refractivity contribution < 1.29 is 4.74 Å². The van der Waals surface area contributed by atoms with Crippen molar-refractivity contribution in [1.29, 1.82) is 0 Å². The molecule has 20 heavy (non-hydrogen) atoms. The highest BCUT2D eigenvalue weighted by Gasteiger charge is 2.09. The summed E-state index contributed by atoms with van der Waals surface area (Å²) in [6, 6.07) is 13.4. The van der Waals surface area contributed by atoms with Gasteiger partial charge in [-0.15, -0.1) is 0 Å². The van der Waals surface area contributed by atoms with E-state index in [-0.39, 0.29) is 0 Å². The van der Waals surface area contributed by atoms with Gasteiger partial charge in [-0.3, -0.25) is 0 Å². The number of nitrogens with one attached hydrogen (secondary N) is 1. The van der Waals surface area contributed by atoms with E-state index >= 15 is 0 Å². The van der Waals surface area contributed by atoms with Gasteiger partial charge in [-0.25, -0.2) is 0 Å². The summed E-state index contributed by atoms with van der Waals surface area (Å²) < 4.78 is 5.36. The number of hydrogen-bond donors (Lipinski definition) is 1. The van der Waals surface area contributed by atoms with Crippen LogP contribution in [0.15, 0.2) is 36.4 Å². The Hall–Kier alpha value is -1.54. The molecule has 1 unspecified atom stereocenters. The first-order valence-corrected chi connectivity index (χ1v) is 7.57. The molecule has 0 aliphatic rings. The molecule has 2 aromatic rings. The van der Waals surface area contributed by atoms with E-state index in [4.69, 9.17) is 4.74 Å². The molecule has 2 aromatic carbocycles. The molecule has 0 saturated carbocycles. The Morgan fingerprint density at radius 3 is 2.70 bits per heavy atom. The average Bonchev–Trinajstić information content (AvgIpc) is 2.51. The second kappa shape index (κ2) is 7.30. The van der Waals surface area contributed by atoms with Crippen LogP contribution in [0.5, 0.6) is 5.75 Å². The molecule has 0 fully saturated rings.